The minimum absolute atomic E-state index is 0.0364. The van der Waals surface area contributed by atoms with Gasteiger partial charge in [0.05, 0.1) is 6.54 Å². The molecule has 1 aromatic carbocycles. The minimum atomic E-state index is -2.40. The molecule has 7 heteroatoms. The first-order valence-corrected chi connectivity index (χ1v) is 7.35. The largest absolute Gasteiger partial charge is 0.479 e. The Morgan fingerprint density at radius 1 is 1.35 bits per heavy atom. The normalized spacial score (nSPS) is 20.4. The van der Waals surface area contributed by atoms with Crippen LogP contribution in [-0.4, -0.2) is 65.0 Å². The second-order valence-corrected chi connectivity index (χ2v) is 5.65. The molecule has 1 atom stereocenters. The van der Waals surface area contributed by atoms with E-state index in [2.05, 4.69) is 0 Å². The number of hydrogen-bond acceptors (Lipinski definition) is 3. The van der Waals surface area contributed by atoms with Crippen LogP contribution in [0.4, 0.5) is 4.39 Å². The lowest BCUT2D eigenvalue weighted by Crippen LogP contribution is -2.39. The Bertz CT molecular complexity index is 649. The number of likely N-dealkylation sites (tertiary alicyclic amines) is 1. The molecule has 6 nitrogen and oxygen atoms in total. The fourth-order valence-electron chi connectivity index (χ4n) is 2.45. The zero-order chi connectivity index (χ0) is 17.2. The van der Waals surface area contributed by atoms with Gasteiger partial charge in [-0.05, 0) is 25.1 Å². The van der Waals surface area contributed by atoms with Gasteiger partial charge in [-0.2, -0.15) is 0 Å². The third-order valence-corrected chi connectivity index (χ3v) is 4.07. The highest BCUT2D eigenvalue weighted by Crippen LogP contribution is 2.27. The van der Waals surface area contributed by atoms with Gasteiger partial charge >= 0.3 is 5.97 Å². The van der Waals surface area contributed by atoms with E-state index in [4.69, 9.17) is 5.11 Å². The fourth-order valence-corrected chi connectivity index (χ4v) is 2.45. The van der Waals surface area contributed by atoms with Crippen molar-refractivity contribution in [2.75, 3.05) is 26.7 Å². The molecule has 0 radical (unpaired) electrons. The quantitative estimate of drug-likeness (QED) is 0.909. The van der Waals surface area contributed by atoms with E-state index in [-0.39, 0.29) is 24.4 Å². The maximum atomic E-state index is 14.1. The number of carboxylic acids is 1. The molecule has 0 aromatic heterocycles. The van der Waals surface area contributed by atoms with Crippen molar-refractivity contribution in [1.29, 1.82) is 0 Å². The van der Waals surface area contributed by atoms with Crippen molar-refractivity contribution < 1.29 is 23.9 Å². The monoisotopic (exact) mass is 322 g/mol. The number of amides is 2. The maximum absolute atomic E-state index is 14.1. The summed E-state index contributed by atoms with van der Waals surface area (Å²) >= 11 is 0. The van der Waals surface area contributed by atoms with Crippen LogP contribution in [0.3, 0.4) is 0 Å². The van der Waals surface area contributed by atoms with Gasteiger partial charge in [-0.1, -0.05) is 6.07 Å². The van der Waals surface area contributed by atoms with Crippen LogP contribution in [0, 0.1) is 0 Å². The Kier molecular flexibility index (Phi) is 4.68. The molecule has 1 N–H and O–H groups in total. The summed E-state index contributed by atoms with van der Waals surface area (Å²) < 4.78 is 14.1. The number of carbonyl (C=O) groups excluding carboxylic acids is 2. The average molecular weight is 322 g/mol. The molecular formula is C16H19FN2O4. The van der Waals surface area contributed by atoms with E-state index in [0.29, 0.717) is 12.1 Å². The Morgan fingerprint density at radius 2 is 2.00 bits per heavy atom. The summed E-state index contributed by atoms with van der Waals surface area (Å²) in [7, 11) is 1.65. The van der Waals surface area contributed by atoms with Crippen molar-refractivity contribution >= 4 is 17.8 Å². The highest BCUT2D eigenvalue weighted by molar-refractivity contribution is 6.00. The number of benzene rings is 1. The topological polar surface area (TPSA) is 77.9 Å². The second kappa shape index (κ2) is 6.36. The zero-order valence-corrected chi connectivity index (χ0v) is 13.1. The molecule has 0 spiro atoms. The number of carboxylic acid groups (broad SMARTS) is 1. The third kappa shape index (κ3) is 3.33. The molecule has 0 aliphatic carbocycles. The number of halogens is 1. The summed E-state index contributed by atoms with van der Waals surface area (Å²) in [5.41, 5.74) is -1.79. The van der Waals surface area contributed by atoms with Crippen molar-refractivity contribution in [1.82, 2.24) is 9.80 Å². The predicted octanol–water partition coefficient (Wildman–Crippen LogP) is 1.42. The highest BCUT2D eigenvalue weighted by atomic mass is 19.1. The maximum Gasteiger partial charge on any atom is 0.343 e. The third-order valence-electron chi connectivity index (χ3n) is 4.07. The van der Waals surface area contributed by atoms with Crippen molar-refractivity contribution in [3.8, 4) is 0 Å². The van der Waals surface area contributed by atoms with Gasteiger partial charge in [-0.15, -0.1) is 0 Å². The molecular weight excluding hydrogens is 303 g/mol. The average Bonchev–Trinajstić information content (AvgIpc) is 2.96. The summed E-state index contributed by atoms with van der Waals surface area (Å²) in [6, 6.07) is 6.17. The van der Waals surface area contributed by atoms with Gasteiger partial charge in [-0.25, -0.2) is 9.18 Å². The Hall–Kier alpha value is -2.44. The first-order valence-electron chi connectivity index (χ1n) is 7.35. The van der Waals surface area contributed by atoms with E-state index in [0.717, 1.165) is 0 Å². The van der Waals surface area contributed by atoms with E-state index >= 15 is 0 Å². The molecule has 1 unspecified atom stereocenters. The van der Waals surface area contributed by atoms with Gasteiger partial charge in [0.25, 0.3) is 11.8 Å². The van der Waals surface area contributed by atoms with Crippen LogP contribution in [0.5, 0.6) is 0 Å². The van der Waals surface area contributed by atoms with Gasteiger partial charge in [0.1, 0.15) is 0 Å². The molecule has 1 heterocycles. The smallest absolute Gasteiger partial charge is 0.343 e. The summed E-state index contributed by atoms with van der Waals surface area (Å²) in [6.07, 6.45) is -0.231. The van der Waals surface area contributed by atoms with Gasteiger partial charge in [-0.3, -0.25) is 9.59 Å². The van der Waals surface area contributed by atoms with Crippen LogP contribution in [0.2, 0.25) is 0 Å². The van der Waals surface area contributed by atoms with Gasteiger partial charge in [0.2, 0.25) is 5.67 Å². The summed E-state index contributed by atoms with van der Waals surface area (Å²) in [5.74, 6) is -2.24. The van der Waals surface area contributed by atoms with Gasteiger partial charge < -0.3 is 14.9 Å². The van der Waals surface area contributed by atoms with Crippen LogP contribution in [0.1, 0.15) is 34.1 Å². The summed E-state index contributed by atoms with van der Waals surface area (Å²) in [5, 5.41) is 8.88. The summed E-state index contributed by atoms with van der Waals surface area (Å²) in [6.45, 7) is 1.93. The van der Waals surface area contributed by atoms with Gasteiger partial charge in [0.15, 0.2) is 0 Å². The molecule has 2 rings (SSSR count). The number of aliphatic carboxylic acids is 1. The zero-order valence-electron chi connectivity index (χ0n) is 13.1. The van der Waals surface area contributed by atoms with Crippen molar-refractivity contribution in [2.24, 2.45) is 0 Å². The van der Waals surface area contributed by atoms with E-state index < -0.39 is 24.1 Å². The lowest BCUT2D eigenvalue weighted by Gasteiger charge is -2.19. The van der Waals surface area contributed by atoms with E-state index in [1.165, 1.54) is 21.9 Å². The number of alkyl halides is 1. The van der Waals surface area contributed by atoms with Crippen LogP contribution in [0.25, 0.3) is 0 Å². The highest BCUT2D eigenvalue weighted by Gasteiger charge is 2.47. The van der Waals surface area contributed by atoms with E-state index in [1.54, 1.807) is 19.2 Å². The number of rotatable bonds is 4. The standard InChI is InChI=1S/C16H19FN2O4/c1-3-18(2)13(20)11-5-4-6-12(9-11)14(21)19-8-7-16(17,10-19)15(22)23/h4-6,9H,3,7-8,10H2,1-2H3,(H,22,23). The molecule has 23 heavy (non-hydrogen) atoms. The predicted molar refractivity (Wildman–Crippen MR) is 81.1 cm³/mol. The van der Waals surface area contributed by atoms with Crippen LogP contribution >= 0.6 is 0 Å². The number of nitrogens with zero attached hydrogens (tertiary/aromatic N) is 2. The Morgan fingerprint density at radius 3 is 2.57 bits per heavy atom. The lowest BCUT2D eigenvalue weighted by atomic mass is 10.1. The fraction of sp³-hybridized carbons (Fsp3) is 0.438. The number of carbonyl (C=O) groups is 3. The van der Waals surface area contributed by atoms with E-state index in [1.807, 2.05) is 6.92 Å². The molecule has 2 amide bonds. The molecule has 1 aliphatic rings. The van der Waals surface area contributed by atoms with Crippen LogP contribution < -0.4 is 0 Å². The Labute approximate surface area is 133 Å². The lowest BCUT2D eigenvalue weighted by molar-refractivity contribution is -0.149. The first-order chi connectivity index (χ1) is 10.8. The molecule has 1 saturated heterocycles. The molecule has 1 fully saturated rings. The summed E-state index contributed by atoms with van der Waals surface area (Å²) in [4.78, 5) is 38.1. The van der Waals surface area contributed by atoms with Crippen LogP contribution in [0.15, 0.2) is 24.3 Å². The number of hydrogen-bond donors (Lipinski definition) is 1. The van der Waals surface area contributed by atoms with Gasteiger partial charge in [0, 0.05) is 37.7 Å². The SMILES string of the molecule is CCN(C)C(=O)c1cccc(C(=O)N2CCC(F)(C(=O)O)C2)c1. The van der Waals surface area contributed by atoms with Crippen molar-refractivity contribution in [3.63, 3.8) is 0 Å². The Balaban J connectivity index is 2.18. The molecule has 1 aromatic rings. The molecule has 0 saturated carbocycles. The molecule has 124 valence electrons. The van der Waals surface area contributed by atoms with Crippen LogP contribution in [-0.2, 0) is 4.79 Å². The van der Waals surface area contributed by atoms with Crippen molar-refractivity contribution in [3.05, 3.63) is 35.4 Å². The molecule has 0 bridgehead atoms. The molecule has 1 aliphatic heterocycles. The van der Waals surface area contributed by atoms with Crippen molar-refractivity contribution in [2.45, 2.75) is 19.0 Å². The minimum Gasteiger partial charge on any atom is -0.479 e. The van der Waals surface area contributed by atoms with E-state index in [9.17, 15) is 18.8 Å². The second-order valence-electron chi connectivity index (χ2n) is 5.65. The first kappa shape index (κ1) is 16.9.